The maximum Gasteiger partial charge on any atom is 0.414 e. The molecule has 1 saturated heterocycles. The SMILES string of the molecule is COC(=O)N1c2ccc3c(nc(Cc4ccccc4)n3[C@H](C)[C@@H]3CCCNC3)c2CC[C@@H]1C. The van der Waals surface area contributed by atoms with Crippen LogP contribution in [0.3, 0.4) is 0 Å². The first-order valence-corrected chi connectivity index (χ1v) is 12.2. The Kier molecular flexibility index (Phi) is 6.11. The smallest absolute Gasteiger partial charge is 0.414 e. The van der Waals surface area contributed by atoms with Gasteiger partial charge in [-0.05, 0) is 76.2 Å². The van der Waals surface area contributed by atoms with E-state index in [1.54, 1.807) is 4.90 Å². The zero-order valence-corrected chi connectivity index (χ0v) is 19.9. The van der Waals surface area contributed by atoms with Gasteiger partial charge in [-0.1, -0.05) is 30.3 Å². The fourth-order valence-electron chi connectivity index (χ4n) is 5.68. The molecular weight excluding hydrogens is 412 g/mol. The van der Waals surface area contributed by atoms with Crippen molar-refractivity contribution in [3.63, 3.8) is 0 Å². The van der Waals surface area contributed by atoms with Crippen molar-refractivity contribution in [3.8, 4) is 0 Å². The quantitative estimate of drug-likeness (QED) is 0.606. The third-order valence-corrected chi connectivity index (χ3v) is 7.53. The topological polar surface area (TPSA) is 59.4 Å². The Morgan fingerprint density at radius 2 is 2.03 bits per heavy atom. The third kappa shape index (κ3) is 4.01. The number of aryl methyl sites for hydroxylation is 1. The molecule has 5 rings (SSSR count). The fraction of sp³-hybridized carbons (Fsp3) is 0.481. The van der Waals surface area contributed by atoms with Gasteiger partial charge in [-0.15, -0.1) is 0 Å². The van der Waals surface area contributed by atoms with Gasteiger partial charge in [-0.3, -0.25) is 4.90 Å². The highest BCUT2D eigenvalue weighted by molar-refractivity contribution is 5.95. The van der Waals surface area contributed by atoms with E-state index in [4.69, 9.17) is 9.72 Å². The molecule has 0 spiro atoms. The van der Waals surface area contributed by atoms with Crippen molar-refractivity contribution in [3.05, 3.63) is 59.4 Å². The number of benzene rings is 2. The highest BCUT2D eigenvalue weighted by Crippen LogP contribution is 2.39. The molecule has 0 saturated carbocycles. The number of hydrogen-bond donors (Lipinski definition) is 1. The number of ether oxygens (including phenoxy) is 1. The summed E-state index contributed by atoms with van der Waals surface area (Å²) in [5.74, 6) is 1.68. The molecule has 3 aromatic rings. The number of carbonyl (C=O) groups is 1. The van der Waals surface area contributed by atoms with E-state index in [0.717, 1.165) is 54.9 Å². The number of methoxy groups -OCH3 is 1. The molecule has 1 amide bonds. The Bertz CT molecular complexity index is 1130. The van der Waals surface area contributed by atoms with Crippen LogP contribution in [0.5, 0.6) is 0 Å². The minimum absolute atomic E-state index is 0.112. The van der Waals surface area contributed by atoms with E-state index in [1.165, 1.54) is 31.0 Å². The standard InChI is InChI=1S/C27H34N4O2/c1-18-11-12-22-23(30(18)27(32)33-3)13-14-24-26(22)29-25(16-20-8-5-4-6-9-20)31(24)19(2)21-10-7-15-28-17-21/h4-6,8-9,13-14,18-19,21,28H,7,10-12,15-17H2,1-3H3/t18-,19+,21+/m0/s1. The second-order valence-electron chi connectivity index (χ2n) is 9.57. The Morgan fingerprint density at radius 3 is 2.76 bits per heavy atom. The minimum atomic E-state index is -0.298. The molecule has 1 aromatic heterocycles. The van der Waals surface area contributed by atoms with Crippen LogP contribution < -0.4 is 10.2 Å². The number of carbonyl (C=O) groups excluding carboxylic acids is 1. The van der Waals surface area contributed by atoms with Gasteiger partial charge >= 0.3 is 6.09 Å². The van der Waals surface area contributed by atoms with E-state index in [-0.39, 0.29) is 12.1 Å². The van der Waals surface area contributed by atoms with Crippen LogP contribution in [0.2, 0.25) is 0 Å². The van der Waals surface area contributed by atoms with Gasteiger partial charge in [-0.2, -0.15) is 0 Å². The third-order valence-electron chi connectivity index (χ3n) is 7.53. The average molecular weight is 447 g/mol. The van der Waals surface area contributed by atoms with Crippen LogP contribution >= 0.6 is 0 Å². The van der Waals surface area contributed by atoms with Crippen molar-refractivity contribution in [2.75, 3.05) is 25.1 Å². The molecule has 2 aromatic carbocycles. The maximum atomic E-state index is 12.6. The molecule has 2 aliphatic heterocycles. The Labute approximate surface area is 195 Å². The second-order valence-corrected chi connectivity index (χ2v) is 9.57. The second kappa shape index (κ2) is 9.18. The van der Waals surface area contributed by atoms with E-state index in [2.05, 4.69) is 66.2 Å². The van der Waals surface area contributed by atoms with Crippen LogP contribution in [0.1, 0.15) is 56.1 Å². The number of hydrogen-bond acceptors (Lipinski definition) is 4. The summed E-state index contributed by atoms with van der Waals surface area (Å²) < 4.78 is 7.58. The van der Waals surface area contributed by atoms with E-state index in [9.17, 15) is 4.79 Å². The molecule has 6 nitrogen and oxygen atoms in total. The van der Waals surface area contributed by atoms with Crippen LogP contribution in [-0.2, 0) is 17.6 Å². The first-order chi connectivity index (χ1) is 16.1. The number of nitrogens with zero attached hydrogens (tertiary/aromatic N) is 3. The summed E-state index contributed by atoms with van der Waals surface area (Å²) in [6.07, 6.45) is 4.78. The molecule has 1 fully saturated rings. The first kappa shape index (κ1) is 22.0. The zero-order chi connectivity index (χ0) is 22.9. The molecule has 0 aliphatic carbocycles. The minimum Gasteiger partial charge on any atom is -0.452 e. The van der Waals surface area contributed by atoms with Crippen molar-refractivity contribution < 1.29 is 9.53 Å². The van der Waals surface area contributed by atoms with Gasteiger partial charge in [0.25, 0.3) is 0 Å². The van der Waals surface area contributed by atoms with Gasteiger partial charge < -0.3 is 14.6 Å². The lowest BCUT2D eigenvalue weighted by molar-refractivity contribution is 0.175. The summed E-state index contributed by atoms with van der Waals surface area (Å²) in [7, 11) is 1.45. The summed E-state index contributed by atoms with van der Waals surface area (Å²) in [5, 5.41) is 3.58. The molecule has 0 radical (unpaired) electrons. The summed E-state index contributed by atoms with van der Waals surface area (Å²) in [5.41, 5.74) is 5.59. The zero-order valence-electron chi connectivity index (χ0n) is 19.9. The molecule has 3 atom stereocenters. The number of nitrogens with one attached hydrogen (secondary N) is 1. The van der Waals surface area contributed by atoms with Crippen LogP contribution in [0.15, 0.2) is 42.5 Å². The lowest BCUT2D eigenvalue weighted by Gasteiger charge is -2.34. The lowest BCUT2D eigenvalue weighted by Crippen LogP contribution is -2.42. The van der Waals surface area contributed by atoms with Crippen LogP contribution in [0, 0.1) is 5.92 Å². The van der Waals surface area contributed by atoms with Gasteiger partial charge in [0.2, 0.25) is 0 Å². The van der Waals surface area contributed by atoms with Crippen molar-refractivity contribution in [2.24, 2.45) is 5.92 Å². The lowest BCUT2D eigenvalue weighted by atomic mass is 9.92. The van der Waals surface area contributed by atoms with Crippen LogP contribution in [0.25, 0.3) is 11.0 Å². The number of amides is 1. The number of fused-ring (bicyclic) bond motifs is 3. The van der Waals surface area contributed by atoms with Gasteiger partial charge in [-0.25, -0.2) is 9.78 Å². The number of imidazole rings is 1. The van der Waals surface area contributed by atoms with Crippen molar-refractivity contribution >= 4 is 22.8 Å². The van der Waals surface area contributed by atoms with Crippen molar-refractivity contribution in [2.45, 2.75) is 58.0 Å². The van der Waals surface area contributed by atoms with Gasteiger partial charge in [0, 0.05) is 24.1 Å². The monoisotopic (exact) mass is 446 g/mol. The molecule has 174 valence electrons. The number of anilines is 1. The number of aromatic nitrogens is 2. The Hall–Kier alpha value is -2.86. The van der Waals surface area contributed by atoms with Crippen LogP contribution in [-0.4, -0.2) is 41.9 Å². The van der Waals surface area contributed by atoms with E-state index >= 15 is 0 Å². The number of rotatable bonds is 4. The molecular formula is C27H34N4O2. The molecule has 0 unspecified atom stereocenters. The summed E-state index contributed by atoms with van der Waals surface area (Å²) in [6.45, 7) is 6.58. The Morgan fingerprint density at radius 1 is 1.21 bits per heavy atom. The highest BCUT2D eigenvalue weighted by Gasteiger charge is 2.32. The van der Waals surface area contributed by atoms with Gasteiger partial charge in [0.15, 0.2) is 0 Å². The highest BCUT2D eigenvalue weighted by atomic mass is 16.5. The first-order valence-electron chi connectivity index (χ1n) is 12.2. The summed E-state index contributed by atoms with van der Waals surface area (Å²) >= 11 is 0. The van der Waals surface area contributed by atoms with E-state index < -0.39 is 0 Å². The van der Waals surface area contributed by atoms with Crippen molar-refractivity contribution in [1.82, 2.24) is 14.9 Å². The molecule has 2 aliphatic rings. The van der Waals surface area contributed by atoms with E-state index in [0.29, 0.717) is 12.0 Å². The maximum absolute atomic E-state index is 12.6. The number of piperidine rings is 1. The van der Waals surface area contributed by atoms with Gasteiger partial charge in [0.1, 0.15) is 5.82 Å². The Balaban J connectivity index is 1.65. The largest absolute Gasteiger partial charge is 0.452 e. The average Bonchev–Trinajstić information content (AvgIpc) is 3.22. The molecule has 33 heavy (non-hydrogen) atoms. The summed E-state index contributed by atoms with van der Waals surface area (Å²) in [4.78, 5) is 19.6. The predicted molar refractivity (Wildman–Crippen MR) is 132 cm³/mol. The molecule has 6 heteroatoms. The molecule has 3 heterocycles. The summed E-state index contributed by atoms with van der Waals surface area (Å²) in [6, 6.07) is 15.3. The predicted octanol–water partition coefficient (Wildman–Crippen LogP) is 5.10. The van der Waals surface area contributed by atoms with Gasteiger partial charge in [0.05, 0.1) is 23.8 Å². The fourth-order valence-corrected chi connectivity index (χ4v) is 5.68. The van der Waals surface area contributed by atoms with Crippen LogP contribution in [0.4, 0.5) is 10.5 Å². The molecule has 0 bridgehead atoms. The normalized spacial score (nSPS) is 21.6. The van der Waals surface area contributed by atoms with E-state index in [1.807, 2.05) is 0 Å². The molecule has 1 N–H and O–H groups in total. The van der Waals surface area contributed by atoms with Crippen molar-refractivity contribution in [1.29, 1.82) is 0 Å².